The van der Waals surface area contributed by atoms with Gasteiger partial charge in [-0.3, -0.25) is 9.78 Å². The van der Waals surface area contributed by atoms with Gasteiger partial charge in [-0.2, -0.15) is 0 Å². The van der Waals surface area contributed by atoms with E-state index in [4.69, 9.17) is 5.11 Å². The first-order chi connectivity index (χ1) is 10.6. The number of pyridine rings is 1. The van der Waals surface area contributed by atoms with Crippen molar-refractivity contribution in [2.75, 3.05) is 5.32 Å². The third-order valence-electron chi connectivity index (χ3n) is 3.23. The van der Waals surface area contributed by atoms with Crippen LogP contribution in [0.5, 0.6) is 0 Å². The summed E-state index contributed by atoms with van der Waals surface area (Å²) in [7, 11) is 0. The molecule has 0 atom stereocenters. The van der Waals surface area contributed by atoms with Crippen molar-refractivity contribution < 1.29 is 14.7 Å². The molecule has 23 heavy (non-hydrogen) atoms. The number of hydrogen-bond acceptors (Lipinski definition) is 3. The fourth-order valence-electron chi connectivity index (χ4n) is 2.15. The Bertz CT molecular complexity index is 880. The molecule has 0 aliphatic rings. The minimum atomic E-state index is -1.03. The lowest BCUT2D eigenvalue weighted by atomic mass is 10.1. The molecule has 1 amide bonds. The van der Waals surface area contributed by atoms with E-state index < -0.39 is 5.97 Å². The van der Waals surface area contributed by atoms with Crippen molar-refractivity contribution in [1.29, 1.82) is 0 Å². The zero-order chi connectivity index (χ0) is 15.5. The van der Waals surface area contributed by atoms with Crippen LogP contribution < -0.4 is 5.32 Å². The first-order valence-corrected chi connectivity index (χ1v) is 6.63. The van der Waals surface area contributed by atoms with Gasteiger partial charge >= 0.3 is 5.97 Å². The van der Waals surface area contributed by atoms with Crippen LogP contribution in [0, 0.1) is 0 Å². The highest BCUT2D eigenvalue weighted by molar-refractivity contribution is 6.06. The lowest BCUT2D eigenvalue weighted by molar-refractivity contribution is 0.0696. The molecule has 2 N–H and O–H groups in total. The Morgan fingerprint density at radius 2 is 1.78 bits per heavy atom. The third kappa shape index (κ3) is 3.64. The number of carboxylic acid groups (broad SMARTS) is 1. The molecule has 116 valence electrons. The van der Waals surface area contributed by atoms with Crippen LogP contribution in [0.2, 0.25) is 0 Å². The topological polar surface area (TPSA) is 79.3 Å². The normalized spacial score (nSPS) is 9.91. The number of benzene rings is 2. The average Bonchev–Trinajstić information content (AvgIpc) is 2.54. The van der Waals surface area contributed by atoms with Crippen LogP contribution in [0.25, 0.3) is 10.9 Å². The molecule has 1 aromatic heterocycles. The number of carboxylic acids is 1. The van der Waals surface area contributed by atoms with E-state index in [2.05, 4.69) is 10.3 Å². The summed E-state index contributed by atoms with van der Waals surface area (Å²) in [6.07, 6.45) is 1.69. The molecule has 3 aromatic rings. The van der Waals surface area contributed by atoms with Gasteiger partial charge < -0.3 is 10.4 Å². The van der Waals surface area contributed by atoms with Gasteiger partial charge in [-0.15, -0.1) is 12.4 Å². The molecular formula is C17H13ClN2O3. The Labute approximate surface area is 138 Å². The van der Waals surface area contributed by atoms with E-state index in [1.165, 1.54) is 12.1 Å². The number of fused-ring (bicyclic) bond motifs is 1. The molecule has 0 spiro atoms. The Morgan fingerprint density at radius 3 is 2.57 bits per heavy atom. The summed E-state index contributed by atoms with van der Waals surface area (Å²) in [5.74, 6) is -1.33. The minimum absolute atomic E-state index is 0. The van der Waals surface area contributed by atoms with Crippen molar-refractivity contribution >= 4 is 40.9 Å². The van der Waals surface area contributed by atoms with Gasteiger partial charge in [-0.1, -0.05) is 12.1 Å². The molecule has 3 rings (SSSR count). The first kappa shape index (κ1) is 16.5. The zero-order valence-corrected chi connectivity index (χ0v) is 12.7. The number of hydrogen-bond donors (Lipinski definition) is 2. The number of aromatic nitrogens is 1. The molecule has 0 unspecified atom stereocenters. The predicted octanol–water partition coefficient (Wildman–Crippen LogP) is 3.61. The van der Waals surface area contributed by atoms with Crippen molar-refractivity contribution in [1.82, 2.24) is 4.98 Å². The maximum absolute atomic E-state index is 12.3. The summed E-state index contributed by atoms with van der Waals surface area (Å²) < 4.78 is 0. The summed E-state index contributed by atoms with van der Waals surface area (Å²) in [6.45, 7) is 0. The standard InChI is InChI=1S/C17H12N2O3.ClH/c20-16(19-14-5-1-3-13(10-14)17(21)22)12-6-7-15-11(9-12)4-2-8-18-15;/h1-10H,(H,19,20)(H,21,22);1H. The fourth-order valence-corrected chi connectivity index (χ4v) is 2.15. The highest BCUT2D eigenvalue weighted by Gasteiger charge is 2.09. The van der Waals surface area contributed by atoms with Gasteiger partial charge in [0, 0.05) is 22.8 Å². The highest BCUT2D eigenvalue weighted by atomic mass is 35.5. The number of nitrogens with zero attached hydrogens (tertiary/aromatic N) is 1. The smallest absolute Gasteiger partial charge is 0.335 e. The van der Waals surface area contributed by atoms with E-state index in [0.717, 1.165) is 10.9 Å². The second-order valence-electron chi connectivity index (χ2n) is 4.75. The van der Waals surface area contributed by atoms with E-state index in [1.807, 2.05) is 6.07 Å². The molecule has 0 bridgehead atoms. The highest BCUT2D eigenvalue weighted by Crippen LogP contribution is 2.16. The number of nitrogens with one attached hydrogen (secondary N) is 1. The molecule has 1 heterocycles. The molecule has 0 radical (unpaired) electrons. The van der Waals surface area contributed by atoms with Crippen molar-refractivity contribution in [3.05, 3.63) is 71.9 Å². The van der Waals surface area contributed by atoms with E-state index >= 15 is 0 Å². The molecule has 0 fully saturated rings. The van der Waals surface area contributed by atoms with E-state index in [-0.39, 0.29) is 23.9 Å². The number of carbonyl (C=O) groups is 2. The predicted molar refractivity (Wildman–Crippen MR) is 90.3 cm³/mol. The van der Waals surface area contributed by atoms with Crippen LogP contribution in [-0.2, 0) is 0 Å². The van der Waals surface area contributed by atoms with E-state index in [1.54, 1.807) is 42.6 Å². The second kappa shape index (κ2) is 6.89. The summed E-state index contributed by atoms with van der Waals surface area (Å²) in [5.41, 5.74) is 1.87. The van der Waals surface area contributed by atoms with Crippen LogP contribution in [0.1, 0.15) is 20.7 Å². The van der Waals surface area contributed by atoms with Crippen molar-refractivity contribution in [3.63, 3.8) is 0 Å². The SMILES string of the molecule is Cl.O=C(O)c1cccc(NC(=O)c2ccc3ncccc3c2)c1. The minimum Gasteiger partial charge on any atom is -0.478 e. The van der Waals surface area contributed by atoms with E-state index in [0.29, 0.717) is 11.3 Å². The van der Waals surface area contributed by atoms with E-state index in [9.17, 15) is 9.59 Å². The van der Waals surface area contributed by atoms with Crippen molar-refractivity contribution in [2.45, 2.75) is 0 Å². The van der Waals surface area contributed by atoms with Gasteiger partial charge in [0.15, 0.2) is 0 Å². The largest absolute Gasteiger partial charge is 0.478 e. The zero-order valence-electron chi connectivity index (χ0n) is 11.9. The molecule has 2 aromatic carbocycles. The van der Waals surface area contributed by atoms with Gasteiger partial charge in [-0.05, 0) is 42.5 Å². The Morgan fingerprint density at radius 1 is 0.957 bits per heavy atom. The van der Waals surface area contributed by atoms with Crippen molar-refractivity contribution in [2.24, 2.45) is 0 Å². The number of amides is 1. The molecule has 6 heteroatoms. The van der Waals surface area contributed by atoms with Gasteiger partial charge in [-0.25, -0.2) is 4.79 Å². The number of rotatable bonds is 3. The third-order valence-corrected chi connectivity index (χ3v) is 3.23. The van der Waals surface area contributed by atoms with Crippen LogP contribution in [0.4, 0.5) is 5.69 Å². The van der Waals surface area contributed by atoms with Gasteiger partial charge in [0.1, 0.15) is 0 Å². The van der Waals surface area contributed by atoms with Crippen LogP contribution in [0.15, 0.2) is 60.8 Å². The number of anilines is 1. The lowest BCUT2D eigenvalue weighted by Gasteiger charge is -2.07. The summed E-state index contributed by atoms with van der Waals surface area (Å²) >= 11 is 0. The lowest BCUT2D eigenvalue weighted by Crippen LogP contribution is -2.12. The number of aromatic carboxylic acids is 1. The van der Waals surface area contributed by atoms with Gasteiger partial charge in [0.05, 0.1) is 11.1 Å². The number of carbonyl (C=O) groups excluding carboxylic acids is 1. The molecule has 0 aliphatic carbocycles. The summed E-state index contributed by atoms with van der Waals surface area (Å²) in [5, 5.41) is 12.5. The molecule has 0 saturated carbocycles. The number of halogens is 1. The fraction of sp³-hybridized carbons (Fsp3) is 0. The summed E-state index contributed by atoms with van der Waals surface area (Å²) in [6, 6.07) is 15.0. The van der Waals surface area contributed by atoms with Gasteiger partial charge in [0.25, 0.3) is 5.91 Å². The van der Waals surface area contributed by atoms with Crippen molar-refractivity contribution in [3.8, 4) is 0 Å². The van der Waals surface area contributed by atoms with Crippen LogP contribution >= 0.6 is 12.4 Å². The second-order valence-corrected chi connectivity index (χ2v) is 4.75. The maximum Gasteiger partial charge on any atom is 0.335 e. The average molecular weight is 329 g/mol. The van der Waals surface area contributed by atoms with Gasteiger partial charge in [0.2, 0.25) is 0 Å². The quantitative estimate of drug-likeness (QED) is 0.769. The molecule has 0 aliphatic heterocycles. The first-order valence-electron chi connectivity index (χ1n) is 6.63. The molecular weight excluding hydrogens is 316 g/mol. The Kier molecular flexibility index (Phi) is 4.93. The Hall–Kier alpha value is -2.92. The molecule has 5 nitrogen and oxygen atoms in total. The Balaban J connectivity index is 0.00000192. The summed E-state index contributed by atoms with van der Waals surface area (Å²) in [4.78, 5) is 27.4. The van der Waals surface area contributed by atoms with Crippen LogP contribution in [-0.4, -0.2) is 22.0 Å². The monoisotopic (exact) mass is 328 g/mol. The molecule has 0 saturated heterocycles. The maximum atomic E-state index is 12.3. The van der Waals surface area contributed by atoms with Crippen LogP contribution in [0.3, 0.4) is 0 Å².